The van der Waals surface area contributed by atoms with Gasteiger partial charge in [0.25, 0.3) is 0 Å². The van der Waals surface area contributed by atoms with Crippen molar-refractivity contribution in [2.45, 2.75) is 24.6 Å². The third kappa shape index (κ3) is 4.53. The highest BCUT2D eigenvalue weighted by Crippen LogP contribution is 2.22. The van der Waals surface area contributed by atoms with Crippen molar-refractivity contribution in [1.29, 1.82) is 0 Å². The first-order chi connectivity index (χ1) is 11.3. The van der Waals surface area contributed by atoms with Gasteiger partial charge in [-0.2, -0.15) is 0 Å². The molecule has 0 aliphatic carbocycles. The summed E-state index contributed by atoms with van der Waals surface area (Å²) in [5.74, 6) is 1.93. The SMILES string of the molecule is Cl.NCC1CCCN1C(=O)CSCc1coc(-c2ccccc2)n1. The molecule has 1 aliphatic heterocycles. The second-order valence-electron chi connectivity index (χ2n) is 5.62. The summed E-state index contributed by atoms with van der Waals surface area (Å²) in [4.78, 5) is 18.6. The van der Waals surface area contributed by atoms with Crippen LogP contribution in [-0.4, -0.2) is 40.7 Å². The molecule has 3 rings (SSSR count). The lowest BCUT2D eigenvalue weighted by Gasteiger charge is -2.23. The number of likely N-dealkylation sites (tertiary alicyclic amines) is 1. The lowest BCUT2D eigenvalue weighted by molar-refractivity contribution is -0.128. The van der Waals surface area contributed by atoms with Crippen LogP contribution in [-0.2, 0) is 10.5 Å². The van der Waals surface area contributed by atoms with E-state index in [0.717, 1.165) is 30.6 Å². The van der Waals surface area contributed by atoms with Crippen LogP contribution in [0.2, 0.25) is 0 Å². The molecule has 0 spiro atoms. The predicted octanol–water partition coefficient (Wildman–Crippen LogP) is 2.95. The maximum atomic E-state index is 12.2. The van der Waals surface area contributed by atoms with Gasteiger partial charge >= 0.3 is 0 Å². The monoisotopic (exact) mass is 367 g/mol. The summed E-state index contributed by atoms with van der Waals surface area (Å²) in [5.41, 5.74) is 7.54. The number of amides is 1. The molecule has 5 nitrogen and oxygen atoms in total. The molecule has 0 radical (unpaired) electrons. The van der Waals surface area contributed by atoms with Gasteiger partial charge in [0.15, 0.2) is 0 Å². The average molecular weight is 368 g/mol. The summed E-state index contributed by atoms with van der Waals surface area (Å²) in [5, 5.41) is 0. The highest BCUT2D eigenvalue weighted by Gasteiger charge is 2.27. The summed E-state index contributed by atoms with van der Waals surface area (Å²) in [6.07, 6.45) is 3.75. The molecule has 0 bridgehead atoms. The predicted molar refractivity (Wildman–Crippen MR) is 99.1 cm³/mol. The van der Waals surface area contributed by atoms with Crippen molar-refractivity contribution in [3.05, 3.63) is 42.3 Å². The molecule has 2 N–H and O–H groups in total. The maximum Gasteiger partial charge on any atom is 0.232 e. The Kier molecular flexibility index (Phi) is 7.15. The minimum Gasteiger partial charge on any atom is -0.444 e. The minimum absolute atomic E-state index is 0. The number of hydrogen-bond donors (Lipinski definition) is 1. The van der Waals surface area contributed by atoms with Gasteiger partial charge in [0.1, 0.15) is 6.26 Å². The summed E-state index contributed by atoms with van der Waals surface area (Å²) in [7, 11) is 0. The topological polar surface area (TPSA) is 72.4 Å². The van der Waals surface area contributed by atoms with Crippen molar-refractivity contribution < 1.29 is 9.21 Å². The van der Waals surface area contributed by atoms with Crippen LogP contribution in [0, 0.1) is 0 Å². The van der Waals surface area contributed by atoms with E-state index < -0.39 is 0 Å². The van der Waals surface area contributed by atoms with Gasteiger partial charge in [-0.15, -0.1) is 24.2 Å². The van der Waals surface area contributed by atoms with Gasteiger partial charge in [-0.1, -0.05) is 18.2 Å². The van der Waals surface area contributed by atoms with Gasteiger partial charge in [-0.05, 0) is 25.0 Å². The molecule has 1 aromatic carbocycles. The molecule has 2 aromatic rings. The van der Waals surface area contributed by atoms with Crippen LogP contribution in [0.15, 0.2) is 41.0 Å². The fraction of sp³-hybridized carbons (Fsp3) is 0.412. The highest BCUT2D eigenvalue weighted by atomic mass is 35.5. The minimum atomic E-state index is 0. The van der Waals surface area contributed by atoms with E-state index in [-0.39, 0.29) is 24.4 Å². The molecular formula is C17H22ClN3O2S. The fourth-order valence-electron chi connectivity index (χ4n) is 2.82. The van der Waals surface area contributed by atoms with E-state index in [1.54, 1.807) is 18.0 Å². The van der Waals surface area contributed by atoms with E-state index in [2.05, 4.69) is 4.98 Å². The number of aromatic nitrogens is 1. The molecule has 1 atom stereocenters. The molecule has 130 valence electrons. The van der Waals surface area contributed by atoms with E-state index in [4.69, 9.17) is 10.2 Å². The molecule has 7 heteroatoms. The van der Waals surface area contributed by atoms with Crippen LogP contribution < -0.4 is 5.73 Å². The first kappa shape index (κ1) is 18.8. The number of carbonyl (C=O) groups is 1. The van der Waals surface area contributed by atoms with E-state index in [1.165, 1.54) is 0 Å². The summed E-state index contributed by atoms with van der Waals surface area (Å²) in [6, 6.07) is 10.0. The van der Waals surface area contributed by atoms with Crippen LogP contribution in [0.3, 0.4) is 0 Å². The number of nitrogens with two attached hydrogens (primary N) is 1. The third-order valence-electron chi connectivity index (χ3n) is 4.02. The Balaban J connectivity index is 0.00000208. The maximum absolute atomic E-state index is 12.2. The number of thioether (sulfide) groups is 1. The molecular weight excluding hydrogens is 346 g/mol. The molecule has 1 aliphatic rings. The highest BCUT2D eigenvalue weighted by molar-refractivity contribution is 7.99. The van der Waals surface area contributed by atoms with Gasteiger partial charge in [0.05, 0.1) is 11.4 Å². The van der Waals surface area contributed by atoms with Crippen molar-refractivity contribution in [3.63, 3.8) is 0 Å². The van der Waals surface area contributed by atoms with Crippen molar-refractivity contribution in [1.82, 2.24) is 9.88 Å². The molecule has 1 fully saturated rings. The number of nitrogens with zero attached hydrogens (tertiary/aromatic N) is 2. The first-order valence-corrected chi connectivity index (χ1v) is 9.00. The summed E-state index contributed by atoms with van der Waals surface area (Å²) < 4.78 is 5.51. The third-order valence-corrected chi connectivity index (χ3v) is 4.97. The van der Waals surface area contributed by atoms with Gasteiger partial charge in [0.2, 0.25) is 11.8 Å². The van der Waals surface area contributed by atoms with Crippen molar-refractivity contribution in [2.24, 2.45) is 5.73 Å². The number of benzene rings is 1. The van der Waals surface area contributed by atoms with Crippen LogP contribution in [0.1, 0.15) is 18.5 Å². The van der Waals surface area contributed by atoms with E-state index in [9.17, 15) is 4.79 Å². The lowest BCUT2D eigenvalue weighted by atomic mass is 10.2. The van der Waals surface area contributed by atoms with E-state index in [1.807, 2.05) is 35.2 Å². The quantitative estimate of drug-likeness (QED) is 0.849. The number of hydrogen-bond acceptors (Lipinski definition) is 5. The molecule has 1 unspecified atom stereocenters. The molecule has 24 heavy (non-hydrogen) atoms. The largest absolute Gasteiger partial charge is 0.444 e. The molecule has 1 saturated heterocycles. The second-order valence-corrected chi connectivity index (χ2v) is 6.61. The standard InChI is InChI=1S/C17H21N3O2S.ClH/c18-9-15-7-4-8-20(15)16(21)12-23-11-14-10-22-17(19-14)13-5-2-1-3-6-13;/h1-3,5-6,10,15H,4,7-9,11-12,18H2;1H. The molecule has 1 aromatic heterocycles. The summed E-state index contributed by atoms with van der Waals surface area (Å²) in [6.45, 7) is 1.39. The number of oxazole rings is 1. The molecule has 0 saturated carbocycles. The Morgan fingerprint density at radius 2 is 2.17 bits per heavy atom. The molecule has 1 amide bonds. The molecule has 2 heterocycles. The Bertz CT molecular complexity index is 650. The second kappa shape index (κ2) is 9.11. The van der Waals surface area contributed by atoms with Gasteiger partial charge in [0, 0.05) is 30.4 Å². The van der Waals surface area contributed by atoms with Crippen LogP contribution in [0.25, 0.3) is 11.5 Å². The normalized spacial score (nSPS) is 16.9. The van der Waals surface area contributed by atoms with Gasteiger partial charge in [-0.25, -0.2) is 4.98 Å². The lowest BCUT2D eigenvalue weighted by Crippen LogP contribution is -2.40. The number of carbonyl (C=O) groups excluding carboxylic acids is 1. The summed E-state index contributed by atoms with van der Waals surface area (Å²) >= 11 is 1.57. The van der Waals surface area contributed by atoms with Crippen LogP contribution in [0.4, 0.5) is 0 Å². The Hall–Kier alpha value is -1.50. The van der Waals surface area contributed by atoms with Crippen molar-refractivity contribution in [2.75, 3.05) is 18.8 Å². The first-order valence-electron chi connectivity index (χ1n) is 7.85. The average Bonchev–Trinajstić information content (AvgIpc) is 3.24. The zero-order valence-corrected chi connectivity index (χ0v) is 15.0. The zero-order chi connectivity index (χ0) is 16.1. The number of rotatable bonds is 6. The fourth-order valence-corrected chi connectivity index (χ4v) is 3.61. The smallest absolute Gasteiger partial charge is 0.232 e. The van der Waals surface area contributed by atoms with Crippen molar-refractivity contribution >= 4 is 30.1 Å². The van der Waals surface area contributed by atoms with E-state index >= 15 is 0 Å². The van der Waals surface area contributed by atoms with Gasteiger partial charge in [-0.3, -0.25) is 4.79 Å². The number of halogens is 1. The van der Waals surface area contributed by atoms with Gasteiger partial charge < -0.3 is 15.1 Å². The van der Waals surface area contributed by atoms with Crippen LogP contribution in [0.5, 0.6) is 0 Å². The zero-order valence-electron chi connectivity index (χ0n) is 13.4. The Morgan fingerprint density at radius 3 is 2.92 bits per heavy atom. The van der Waals surface area contributed by atoms with E-state index in [0.29, 0.717) is 23.9 Å². The van der Waals surface area contributed by atoms with Crippen molar-refractivity contribution in [3.8, 4) is 11.5 Å². The van der Waals surface area contributed by atoms with Crippen LogP contribution >= 0.6 is 24.2 Å². The Labute approximate surface area is 152 Å². The Morgan fingerprint density at radius 1 is 1.38 bits per heavy atom.